The van der Waals surface area contributed by atoms with Gasteiger partial charge >= 0.3 is 5.97 Å². The number of rotatable bonds is 3. The number of nitrogens with two attached hydrogens (primary N) is 1. The third kappa shape index (κ3) is 1.88. The molecule has 0 amide bonds. The summed E-state index contributed by atoms with van der Waals surface area (Å²) in [7, 11) is 0. The number of carboxylic acids is 1. The SMILES string of the molecule is CC(N)(C(=O)O)C(C)(C)c1ccccc1. The van der Waals surface area contributed by atoms with Crippen LogP contribution in [-0.2, 0) is 10.2 Å². The highest BCUT2D eigenvalue weighted by atomic mass is 16.4. The van der Waals surface area contributed by atoms with E-state index in [9.17, 15) is 4.79 Å². The van der Waals surface area contributed by atoms with Crippen LogP contribution >= 0.6 is 0 Å². The van der Waals surface area contributed by atoms with Crippen LogP contribution in [0.4, 0.5) is 0 Å². The van der Waals surface area contributed by atoms with Gasteiger partial charge in [-0.15, -0.1) is 0 Å². The smallest absolute Gasteiger partial charge is 0.324 e. The van der Waals surface area contributed by atoms with Crippen molar-refractivity contribution < 1.29 is 9.90 Å². The quantitative estimate of drug-likeness (QED) is 0.794. The van der Waals surface area contributed by atoms with Gasteiger partial charge < -0.3 is 10.8 Å². The minimum atomic E-state index is -1.28. The number of hydrogen-bond donors (Lipinski definition) is 2. The second-order valence-corrected chi connectivity index (χ2v) is 4.50. The van der Waals surface area contributed by atoms with Gasteiger partial charge in [0.05, 0.1) is 0 Å². The number of carbonyl (C=O) groups is 1. The van der Waals surface area contributed by atoms with Crippen LogP contribution in [0.3, 0.4) is 0 Å². The monoisotopic (exact) mass is 207 g/mol. The molecular weight excluding hydrogens is 190 g/mol. The Morgan fingerprint density at radius 2 is 1.67 bits per heavy atom. The van der Waals surface area contributed by atoms with Gasteiger partial charge in [-0.25, -0.2) is 0 Å². The lowest BCUT2D eigenvalue weighted by molar-refractivity contribution is -0.145. The van der Waals surface area contributed by atoms with Gasteiger partial charge in [0.2, 0.25) is 0 Å². The normalized spacial score (nSPS) is 15.7. The molecule has 0 aliphatic rings. The molecule has 1 rings (SSSR count). The number of carboxylic acid groups (broad SMARTS) is 1. The molecule has 0 fully saturated rings. The maximum absolute atomic E-state index is 11.1. The zero-order chi connectivity index (χ0) is 11.7. The van der Waals surface area contributed by atoms with Crippen molar-refractivity contribution in [1.29, 1.82) is 0 Å². The summed E-state index contributed by atoms with van der Waals surface area (Å²) < 4.78 is 0. The van der Waals surface area contributed by atoms with Crippen LogP contribution in [0.25, 0.3) is 0 Å². The Morgan fingerprint density at radius 1 is 1.20 bits per heavy atom. The van der Waals surface area contributed by atoms with Crippen LogP contribution in [0.5, 0.6) is 0 Å². The Balaban J connectivity index is 3.19. The standard InChI is InChI=1S/C12H17NO2/c1-11(2,12(3,13)10(14)15)9-7-5-4-6-8-9/h4-8H,13H2,1-3H3,(H,14,15). The molecule has 15 heavy (non-hydrogen) atoms. The van der Waals surface area contributed by atoms with E-state index in [1.807, 2.05) is 44.2 Å². The van der Waals surface area contributed by atoms with Gasteiger partial charge in [0.15, 0.2) is 0 Å². The highest BCUT2D eigenvalue weighted by molar-refractivity contribution is 5.80. The van der Waals surface area contributed by atoms with Crippen LogP contribution in [0.15, 0.2) is 30.3 Å². The highest BCUT2D eigenvalue weighted by Crippen LogP contribution is 2.33. The lowest BCUT2D eigenvalue weighted by atomic mass is 9.69. The minimum Gasteiger partial charge on any atom is -0.480 e. The van der Waals surface area contributed by atoms with Crippen molar-refractivity contribution in [2.45, 2.75) is 31.7 Å². The first-order chi connectivity index (χ1) is 6.80. The van der Waals surface area contributed by atoms with E-state index in [4.69, 9.17) is 10.8 Å². The zero-order valence-electron chi connectivity index (χ0n) is 9.32. The fourth-order valence-electron chi connectivity index (χ4n) is 1.42. The van der Waals surface area contributed by atoms with Crippen molar-refractivity contribution in [2.75, 3.05) is 0 Å². The number of benzene rings is 1. The molecule has 0 aliphatic carbocycles. The van der Waals surface area contributed by atoms with Gasteiger partial charge in [-0.1, -0.05) is 44.2 Å². The molecule has 82 valence electrons. The van der Waals surface area contributed by atoms with Crippen LogP contribution in [0.1, 0.15) is 26.3 Å². The Hall–Kier alpha value is -1.35. The van der Waals surface area contributed by atoms with E-state index in [0.717, 1.165) is 5.56 Å². The van der Waals surface area contributed by atoms with Crippen LogP contribution in [0.2, 0.25) is 0 Å². The number of hydrogen-bond acceptors (Lipinski definition) is 2. The lowest BCUT2D eigenvalue weighted by Crippen LogP contribution is -2.58. The van der Waals surface area contributed by atoms with Gasteiger partial charge in [0.1, 0.15) is 5.54 Å². The van der Waals surface area contributed by atoms with Crippen molar-refractivity contribution in [3.63, 3.8) is 0 Å². The second kappa shape index (κ2) is 3.66. The molecule has 0 heterocycles. The van der Waals surface area contributed by atoms with E-state index in [1.54, 1.807) is 6.92 Å². The molecular formula is C12H17NO2. The summed E-state index contributed by atoms with van der Waals surface area (Å²) in [6, 6.07) is 9.46. The third-order valence-electron chi connectivity index (χ3n) is 3.24. The van der Waals surface area contributed by atoms with Crippen molar-refractivity contribution in [1.82, 2.24) is 0 Å². The third-order valence-corrected chi connectivity index (χ3v) is 3.24. The first-order valence-corrected chi connectivity index (χ1v) is 4.88. The largest absolute Gasteiger partial charge is 0.480 e. The van der Waals surface area contributed by atoms with Crippen molar-refractivity contribution in [3.05, 3.63) is 35.9 Å². The van der Waals surface area contributed by atoms with Gasteiger partial charge in [-0.2, -0.15) is 0 Å². The molecule has 0 aromatic heterocycles. The molecule has 0 radical (unpaired) electrons. The fraction of sp³-hybridized carbons (Fsp3) is 0.417. The summed E-state index contributed by atoms with van der Waals surface area (Å²) in [6.45, 7) is 5.23. The van der Waals surface area contributed by atoms with E-state index < -0.39 is 16.9 Å². The molecule has 0 spiro atoms. The van der Waals surface area contributed by atoms with Crippen LogP contribution in [-0.4, -0.2) is 16.6 Å². The van der Waals surface area contributed by atoms with Crippen molar-refractivity contribution in [3.8, 4) is 0 Å². The summed E-state index contributed by atoms with van der Waals surface area (Å²) >= 11 is 0. The van der Waals surface area contributed by atoms with Crippen molar-refractivity contribution >= 4 is 5.97 Å². The Bertz CT molecular complexity index is 355. The highest BCUT2D eigenvalue weighted by Gasteiger charge is 2.45. The molecule has 0 saturated heterocycles. The molecule has 1 atom stereocenters. The summed E-state index contributed by atoms with van der Waals surface area (Å²) in [5, 5.41) is 9.11. The maximum atomic E-state index is 11.1. The van der Waals surface area contributed by atoms with E-state index >= 15 is 0 Å². The number of aliphatic carboxylic acids is 1. The first kappa shape index (κ1) is 11.7. The molecule has 1 unspecified atom stereocenters. The molecule has 0 bridgehead atoms. The maximum Gasteiger partial charge on any atom is 0.324 e. The second-order valence-electron chi connectivity index (χ2n) is 4.50. The van der Waals surface area contributed by atoms with E-state index in [1.165, 1.54) is 0 Å². The predicted octanol–water partition coefficient (Wildman–Crippen LogP) is 1.77. The molecule has 3 heteroatoms. The minimum absolute atomic E-state index is 0.611. The molecule has 0 saturated carbocycles. The van der Waals surface area contributed by atoms with Crippen LogP contribution < -0.4 is 5.73 Å². The van der Waals surface area contributed by atoms with Gasteiger partial charge in [-0.05, 0) is 12.5 Å². The fourth-order valence-corrected chi connectivity index (χ4v) is 1.42. The molecule has 1 aromatic rings. The lowest BCUT2D eigenvalue weighted by Gasteiger charge is -2.38. The average Bonchev–Trinajstić information content (AvgIpc) is 2.18. The topological polar surface area (TPSA) is 63.3 Å². The Kier molecular flexibility index (Phi) is 2.86. The zero-order valence-corrected chi connectivity index (χ0v) is 9.32. The summed E-state index contributed by atoms with van der Waals surface area (Å²) in [4.78, 5) is 11.1. The first-order valence-electron chi connectivity index (χ1n) is 4.88. The van der Waals surface area contributed by atoms with Gasteiger partial charge in [0.25, 0.3) is 0 Å². The predicted molar refractivity (Wildman–Crippen MR) is 59.7 cm³/mol. The molecule has 3 N–H and O–H groups in total. The Labute approximate surface area is 89.9 Å². The van der Waals surface area contributed by atoms with Crippen LogP contribution in [0, 0.1) is 0 Å². The van der Waals surface area contributed by atoms with E-state index in [2.05, 4.69) is 0 Å². The van der Waals surface area contributed by atoms with Gasteiger partial charge in [-0.3, -0.25) is 4.79 Å². The summed E-state index contributed by atoms with van der Waals surface area (Å²) in [5.74, 6) is -0.989. The summed E-state index contributed by atoms with van der Waals surface area (Å²) in [6.07, 6.45) is 0. The van der Waals surface area contributed by atoms with E-state index in [0.29, 0.717) is 0 Å². The average molecular weight is 207 g/mol. The Morgan fingerprint density at radius 3 is 2.07 bits per heavy atom. The van der Waals surface area contributed by atoms with E-state index in [-0.39, 0.29) is 0 Å². The molecule has 3 nitrogen and oxygen atoms in total. The van der Waals surface area contributed by atoms with Gasteiger partial charge in [0, 0.05) is 5.41 Å². The molecule has 0 aliphatic heterocycles. The summed E-state index contributed by atoms with van der Waals surface area (Å²) in [5.41, 5.74) is 4.90. The van der Waals surface area contributed by atoms with Crippen molar-refractivity contribution in [2.24, 2.45) is 5.73 Å². The molecule has 1 aromatic carbocycles.